The maximum atomic E-state index is 11.0. The van der Waals surface area contributed by atoms with Gasteiger partial charge >= 0.3 is 11.9 Å². The number of aliphatic carboxylic acids is 1. The first-order chi connectivity index (χ1) is 10.1. The molecule has 0 aromatic carbocycles. The Morgan fingerprint density at radius 3 is 2.62 bits per heavy atom. The third kappa shape index (κ3) is 4.56. The molecule has 2 bridgehead atoms. The van der Waals surface area contributed by atoms with Gasteiger partial charge in [-0.3, -0.25) is 9.59 Å². The summed E-state index contributed by atoms with van der Waals surface area (Å²) in [7, 11) is 0. The van der Waals surface area contributed by atoms with Gasteiger partial charge in [0.05, 0.1) is 18.8 Å². The van der Waals surface area contributed by atoms with Gasteiger partial charge < -0.3 is 14.6 Å². The summed E-state index contributed by atoms with van der Waals surface area (Å²) in [6, 6.07) is 0. The van der Waals surface area contributed by atoms with Crippen molar-refractivity contribution < 1.29 is 24.2 Å². The molecule has 0 unspecified atom stereocenters. The van der Waals surface area contributed by atoms with E-state index in [0.717, 1.165) is 25.7 Å². The molecule has 0 aliphatic carbocycles. The van der Waals surface area contributed by atoms with Gasteiger partial charge in [-0.15, -0.1) is 0 Å². The van der Waals surface area contributed by atoms with Crippen molar-refractivity contribution in [3.05, 3.63) is 12.2 Å². The molecule has 5 nitrogen and oxygen atoms in total. The Labute approximate surface area is 125 Å². The van der Waals surface area contributed by atoms with Crippen LogP contribution in [0.5, 0.6) is 0 Å². The van der Waals surface area contributed by atoms with Gasteiger partial charge in [0.2, 0.25) is 0 Å². The van der Waals surface area contributed by atoms with Crippen LogP contribution in [0.3, 0.4) is 0 Å². The van der Waals surface area contributed by atoms with Crippen molar-refractivity contribution in [3.8, 4) is 0 Å². The number of ether oxygens (including phenoxy) is 2. The lowest BCUT2D eigenvalue weighted by Crippen LogP contribution is -2.31. The molecule has 0 radical (unpaired) electrons. The van der Waals surface area contributed by atoms with Crippen molar-refractivity contribution in [1.29, 1.82) is 0 Å². The molecule has 0 spiro atoms. The lowest BCUT2D eigenvalue weighted by molar-refractivity contribution is -0.143. The lowest BCUT2D eigenvalue weighted by atomic mass is 9.78. The number of hydrogen-bond donors (Lipinski definition) is 1. The van der Waals surface area contributed by atoms with Crippen LogP contribution in [0, 0.1) is 11.8 Å². The first kappa shape index (κ1) is 16.0. The second-order valence-electron chi connectivity index (χ2n) is 5.91. The second-order valence-corrected chi connectivity index (χ2v) is 5.91. The molecule has 0 aromatic heterocycles. The van der Waals surface area contributed by atoms with Crippen LogP contribution in [0.25, 0.3) is 0 Å². The smallest absolute Gasteiger partial charge is 0.303 e. The van der Waals surface area contributed by atoms with Crippen LogP contribution in [-0.4, -0.2) is 35.9 Å². The highest BCUT2D eigenvalue weighted by Gasteiger charge is 2.48. The Kier molecular flexibility index (Phi) is 5.79. The second kappa shape index (κ2) is 7.59. The van der Waals surface area contributed by atoms with Gasteiger partial charge in [-0.05, 0) is 38.0 Å². The number of allylic oxidation sites excluding steroid dienone is 2. The molecule has 0 aromatic rings. The van der Waals surface area contributed by atoms with Crippen molar-refractivity contribution >= 4 is 11.9 Å². The number of esters is 1. The van der Waals surface area contributed by atoms with E-state index < -0.39 is 5.97 Å². The lowest BCUT2D eigenvalue weighted by Gasteiger charge is -2.26. The first-order valence-electron chi connectivity index (χ1n) is 7.73. The fraction of sp³-hybridized carbons (Fsp3) is 0.750. The quantitative estimate of drug-likeness (QED) is 0.423. The highest BCUT2D eigenvalue weighted by molar-refractivity contribution is 5.66. The van der Waals surface area contributed by atoms with E-state index in [0.29, 0.717) is 31.0 Å². The Balaban J connectivity index is 1.76. The van der Waals surface area contributed by atoms with Gasteiger partial charge in [0.25, 0.3) is 0 Å². The van der Waals surface area contributed by atoms with Crippen LogP contribution < -0.4 is 0 Å². The summed E-state index contributed by atoms with van der Waals surface area (Å²) in [5.74, 6) is -0.262. The van der Waals surface area contributed by atoms with Gasteiger partial charge in [-0.1, -0.05) is 12.2 Å². The summed E-state index contributed by atoms with van der Waals surface area (Å²) in [4.78, 5) is 21.4. The normalized spacial score (nSPS) is 30.9. The Morgan fingerprint density at radius 2 is 1.95 bits per heavy atom. The highest BCUT2D eigenvalue weighted by Crippen LogP contribution is 2.45. The number of carboxylic acid groups (broad SMARTS) is 1. The highest BCUT2D eigenvalue weighted by atomic mass is 16.5. The van der Waals surface area contributed by atoms with Crippen LogP contribution in [-0.2, 0) is 19.1 Å². The number of hydrogen-bond acceptors (Lipinski definition) is 4. The molecule has 0 saturated carbocycles. The number of unbranched alkanes of at least 4 members (excludes halogenated alkanes) is 1. The molecule has 2 fully saturated rings. The molecule has 118 valence electrons. The molecule has 2 rings (SSSR count). The van der Waals surface area contributed by atoms with E-state index in [1.165, 1.54) is 6.92 Å². The predicted molar refractivity (Wildman–Crippen MR) is 76.8 cm³/mol. The van der Waals surface area contributed by atoms with E-state index in [-0.39, 0.29) is 18.5 Å². The van der Waals surface area contributed by atoms with E-state index in [2.05, 4.69) is 12.2 Å². The number of rotatable bonds is 8. The molecule has 21 heavy (non-hydrogen) atoms. The Hall–Kier alpha value is -1.36. The summed E-state index contributed by atoms with van der Waals surface area (Å²) in [6.45, 7) is 1.89. The minimum absolute atomic E-state index is 0.219. The number of fused-ring (bicyclic) bond motifs is 2. The largest absolute Gasteiger partial charge is 0.481 e. The zero-order chi connectivity index (χ0) is 15.2. The van der Waals surface area contributed by atoms with Crippen LogP contribution >= 0.6 is 0 Å². The maximum Gasteiger partial charge on any atom is 0.303 e. The standard InChI is InChI=1S/C16H24O5/c1-11(17)20-10-13-12(14-8-9-15(13)21-14)6-4-2-3-5-7-16(18)19/h2,4,12-15H,3,5-10H2,1H3,(H,18,19)/t12-,13+,14-,15+/m0/s1. The van der Waals surface area contributed by atoms with Crippen molar-refractivity contribution in [1.82, 2.24) is 0 Å². The van der Waals surface area contributed by atoms with E-state index in [1.54, 1.807) is 0 Å². The molecule has 2 heterocycles. The fourth-order valence-corrected chi connectivity index (χ4v) is 3.38. The zero-order valence-corrected chi connectivity index (χ0v) is 12.5. The number of carboxylic acids is 1. The van der Waals surface area contributed by atoms with Crippen LogP contribution in [0.2, 0.25) is 0 Å². The van der Waals surface area contributed by atoms with Gasteiger partial charge in [0.1, 0.15) is 0 Å². The van der Waals surface area contributed by atoms with Gasteiger partial charge in [-0.25, -0.2) is 0 Å². The van der Waals surface area contributed by atoms with Crippen molar-refractivity contribution in [3.63, 3.8) is 0 Å². The average molecular weight is 296 g/mol. The molecular formula is C16H24O5. The topological polar surface area (TPSA) is 72.8 Å². The van der Waals surface area contributed by atoms with Gasteiger partial charge in [0.15, 0.2) is 0 Å². The van der Waals surface area contributed by atoms with Crippen LogP contribution in [0.15, 0.2) is 12.2 Å². The predicted octanol–water partition coefficient (Wildman–Crippen LogP) is 2.54. The fourth-order valence-electron chi connectivity index (χ4n) is 3.38. The van der Waals surface area contributed by atoms with Crippen LogP contribution in [0.4, 0.5) is 0 Å². The minimum Gasteiger partial charge on any atom is -0.481 e. The maximum absolute atomic E-state index is 11.0. The molecule has 5 heteroatoms. The summed E-state index contributed by atoms with van der Waals surface area (Å²) in [5, 5.41) is 8.57. The van der Waals surface area contributed by atoms with Crippen molar-refractivity contribution in [2.75, 3.05) is 6.61 Å². The molecule has 2 saturated heterocycles. The molecule has 2 aliphatic rings. The summed E-state index contributed by atoms with van der Waals surface area (Å²) < 4.78 is 11.1. The third-order valence-electron chi connectivity index (χ3n) is 4.41. The van der Waals surface area contributed by atoms with E-state index in [1.807, 2.05) is 0 Å². The number of carbonyl (C=O) groups is 2. The number of carbonyl (C=O) groups excluding carboxylic acids is 1. The zero-order valence-electron chi connectivity index (χ0n) is 12.5. The van der Waals surface area contributed by atoms with Crippen molar-refractivity contribution in [2.45, 2.75) is 57.7 Å². The Bertz CT molecular complexity index is 403. The molecule has 0 amide bonds. The summed E-state index contributed by atoms with van der Waals surface area (Å²) >= 11 is 0. The molecule has 1 N–H and O–H groups in total. The van der Waals surface area contributed by atoms with E-state index in [9.17, 15) is 9.59 Å². The monoisotopic (exact) mass is 296 g/mol. The molecule has 4 atom stereocenters. The van der Waals surface area contributed by atoms with Gasteiger partial charge in [-0.2, -0.15) is 0 Å². The van der Waals surface area contributed by atoms with E-state index >= 15 is 0 Å². The SMILES string of the molecule is CC(=O)OC[C@@H]1[C@H](CC=CCCCC(=O)O)[C@@H]2CC[C@H]1O2. The summed E-state index contributed by atoms with van der Waals surface area (Å²) in [6.07, 6.45) is 9.47. The van der Waals surface area contributed by atoms with Crippen LogP contribution in [0.1, 0.15) is 45.4 Å². The Morgan fingerprint density at radius 1 is 1.24 bits per heavy atom. The minimum atomic E-state index is -0.744. The molecule has 2 aliphatic heterocycles. The van der Waals surface area contributed by atoms with Gasteiger partial charge in [0, 0.05) is 19.3 Å². The van der Waals surface area contributed by atoms with E-state index in [4.69, 9.17) is 14.6 Å². The molecular weight excluding hydrogens is 272 g/mol. The summed E-state index contributed by atoms with van der Waals surface area (Å²) in [5.41, 5.74) is 0. The third-order valence-corrected chi connectivity index (χ3v) is 4.41. The first-order valence-corrected chi connectivity index (χ1v) is 7.73. The van der Waals surface area contributed by atoms with Crippen molar-refractivity contribution in [2.24, 2.45) is 11.8 Å². The average Bonchev–Trinajstić information content (AvgIpc) is 3.01.